The molecule has 0 aromatic carbocycles. The molecule has 2 aromatic rings. The molecule has 0 atom stereocenters. The fraction of sp³-hybridized carbons (Fsp3) is 0.571. The van der Waals surface area contributed by atoms with E-state index < -0.39 is 0 Å². The molecule has 0 saturated heterocycles. The largest absolute Gasteiger partial charge is 0.379 e. The van der Waals surface area contributed by atoms with Crippen molar-refractivity contribution in [2.75, 3.05) is 13.2 Å². The lowest BCUT2D eigenvalue weighted by molar-refractivity contribution is 0.117. The van der Waals surface area contributed by atoms with Gasteiger partial charge in [0.15, 0.2) is 5.65 Å². The van der Waals surface area contributed by atoms with E-state index in [1.807, 2.05) is 19.2 Å². The molecule has 0 spiro atoms. The molecule has 1 fully saturated rings. The van der Waals surface area contributed by atoms with Crippen molar-refractivity contribution < 1.29 is 4.74 Å². The van der Waals surface area contributed by atoms with Crippen molar-refractivity contribution in [3.63, 3.8) is 0 Å². The molecule has 1 aliphatic carbocycles. The van der Waals surface area contributed by atoms with Crippen LogP contribution in [-0.4, -0.2) is 27.7 Å². The third kappa shape index (κ3) is 2.90. The fourth-order valence-corrected chi connectivity index (χ4v) is 2.39. The van der Waals surface area contributed by atoms with Gasteiger partial charge in [-0.05, 0) is 37.3 Å². The lowest BCUT2D eigenvalue weighted by Crippen LogP contribution is -2.10. The molecule has 19 heavy (non-hydrogen) atoms. The summed E-state index contributed by atoms with van der Waals surface area (Å²) >= 11 is 5.96. The van der Waals surface area contributed by atoms with E-state index in [2.05, 4.69) is 14.5 Å². The van der Waals surface area contributed by atoms with Gasteiger partial charge in [0.2, 0.25) is 0 Å². The second kappa shape index (κ2) is 5.47. The van der Waals surface area contributed by atoms with Gasteiger partial charge < -0.3 is 9.30 Å². The maximum Gasteiger partial charge on any atom is 0.160 e. The number of imidazole rings is 1. The number of aromatic nitrogens is 3. The summed E-state index contributed by atoms with van der Waals surface area (Å²) in [6.07, 6.45) is 4.51. The topological polar surface area (TPSA) is 39.9 Å². The highest BCUT2D eigenvalue weighted by atomic mass is 35.5. The number of alkyl halides is 1. The van der Waals surface area contributed by atoms with Crippen molar-refractivity contribution in [3.8, 4) is 0 Å². The van der Waals surface area contributed by atoms with Gasteiger partial charge in [0.25, 0.3) is 0 Å². The lowest BCUT2D eigenvalue weighted by atomic mass is 10.3. The van der Waals surface area contributed by atoms with E-state index >= 15 is 0 Å². The van der Waals surface area contributed by atoms with Gasteiger partial charge in [-0.1, -0.05) is 0 Å². The maximum absolute atomic E-state index is 5.96. The van der Waals surface area contributed by atoms with Gasteiger partial charge in [-0.3, -0.25) is 0 Å². The van der Waals surface area contributed by atoms with Crippen LogP contribution in [0.25, 0.3) is 11.2 Å². The molecule has 0 amide bonds. The summed E-state index contributed by atoms with van der Waals surface area (Å²) in [7, 11) is 0. The number of hydrogen-bond acceptors (Lipinski definition) is 3. The van der Waals surface area contributed by atoms with Crippen LogP contribution in [0, 0.1) is 12.8 Å². The van der Waals surface area contributed by atoms with Crippen molar-refractivity contribution in [2.24, 2.45) is 5.92 Å². The average molecular weight is 280 g/mol. The standard InChI is InChI=1S/C14H18ClN3O/c1-10-6-12-14(16-8-10)18(13(7-15)17-12)4-5-19-9-11-2-3-11/h6,8,11H,2-5,7,9H2,1H3. The summed E-state index contributed by atoms with van der Waals surface area (Å²) in [5, 5.41) is 0. The lowest BCUT2D eigenvalue weighted by Gasteiger charge is -2.07. The van der Waals surface area contributed by atoms with E-state index in [9.17, 15) is 0 Å². The Hall–Kier alpha value is -1.13. The monoisotopic (exact) mass is 279 g/mol. The molecule has 0 unspecified atom stereocenters. The average Bonchev–Trinajstić information content (AvgIpc) is 3.16. The predicted molar refractivity (Wildman–Crippen MR) is 75.4 cm³/mol. The third-order valence-corrected chi connectivity index (χ3v) is 3.67. The van der Waals surface area contributed by atoms with E-state index in [-0.39, 0.29) is 0 Å². The summed E-state index contributed by atoms with van der Waals surface area (Å²) in [6.45, 7) is 4.36. The first kappa shape index (κ1) is 12.9. The Morgan fingerprint density at radius 2 is 2.32 bits per heavy atom. The van der Waals surface area contributed by atoms with Gasteiger partial charge in [-0.2, -0.15) is 0 Å². The van der Waals surface area contributed by atoms with Crippen LogP contribution in [0.5, 0.6) is 0 Å². The normalized spacial score (nSPS) is 15.3. The minimum atomic E-state index is 0.401. The van der Waals surface area contributed by atoms with Gasteiger partial charge in [0, 0.05) is 19.3 Å². The zero-order valence-corrected chi connectivity index (χ0v) is 11.9. The molecule has 0 aliphatic heterocycles. The van der Waals surface area contributed by atoms with Crippen LogP contribution in [0.15, 0.2) is 12.3 Å². The molecule has 2 aromatic heterocycles. The first-order valence-corrected chi connectivity index (χ1v) is 7.27. The van der Waals surface area contributed by atoms with E-state index in [0.717, 1.165) is 41.6 Å². The SMILES string of the molecule is Cc1cnc2c(c1)nc(CCl)n2CCOCC1CC1. The Morgan fingerprint density at radius 3 is 3.05 bits per heavy atom. The highest BCUT2D eigenvalue weighted by molar-refractivity contribution is 6.16. The molecule has 0 radical (unpaired) electrons. The first-order valence-electron chi connectivity index (χ1n) is 6.73. The molecule has 4 nitrogen and oxygen atoms in total. The summed E-state index contributed by atoms with van der Waals surface area (Å²) in [6, 6.07) is 2.04. The maximum atomic E-state index is 5.96. The molecule has 0 N–H and O–H groups in total. The summed E-state index contributed by atoms with van der Waals surface area (Å²) in [5.74, 6) is 2.07. The molecule has 3 rings (SSSR count). The molecule has 2 heterocycles. The van der Waals surface area contributed by atoms with Crippen molar-refractivity contribution in [2.45, 2.75) is 32.2 Å². The van der Waals surface area contributed by atoms with E-state index in [1.54, 1.807) is 0 Å². The number of ether oxygens (including phenoxy) is 1. The molecular weight excluding hydrogens is 262 g/mol. The predicted octanol–water partition coefficient (Wildman–Crippen LogP) is 2.91. The zero-order valence-electron chi connectivity index (χ0n) is 11.1. The van der Waals surface area contributed by atoms with Crippen molar-refractivity contribution in [1.29, 1.82) is 0 Å². The summed E-state index contributed by atoms with van der Waals surface area (Å²) in [4.78, 5) is 8.99. The Kier molecular flexibility index (Phi) is 3.71. The summed E-state index contributed by atoms with van der Waals surface area (Å²) in [5.41, 5.74) is 2.93. The Balaban J connectivity index is 1.75. The molecule has 0 bridgehead atoms. The van der Waals surface area contributed by atoms with Crippen LogP contribution in [0.4, 0.5) is 0 Å². The number of nitrogens with zero attached hydrogens (tertiary/aromatic N) is 3. The molecule has 5 heteroatoms. The van der Waals surface area contributed by atoms with Crippen molar-refractivity contribution in [1.82, 2.24) is 14.5 Å². The van der Waals surface area contributed by atoms with Crippen LogP contribution < -0.4 is 0 Å². The van der Waals surface area contributed by atoms with E-state index in [4.69, 9.17) is 16.3 Å². The van der Waals surface area contributed by atoms with Gasteiger partial charge in [-0.25, -0.2) is 9.97 Å². The highest BCUT2D eigenvalue weighted by Crippen LogP contribution is 2.28. The molecular formula is C14H18ClN3O. The summed E-state index contributed by atoms with van der Waals surface area (Å²) < 4.78 is 7.75. The Morgan fingerprint density at radius 1 is 1.47 bits per heavy atom. The fourth-order valence-electron chi connectivity index (χ4n) is 2.19. The van der Waals surface area contributed by atoms with Crippen molar-refractivity contribution in [3.05, 3.63) is 23.7 Å². The minimum Gasteiger partial charge on any atom is -0.379 e. The van der Waals surface area contributed by atoms with Gasteiger partial charge in [-0.15, -0.1) is 11.6 Å². The van der Waals surface area contributed by atoms with Crippen LogP contribution in [0.1, 0.15) is 24.2 Å². The quantitative estimate of drug-likeness (QED) is 0.603. The number of hydrogen-bond donors (Lipinski definition) is 0. The second-order valence-corrected chi connectivity index (χ2v) is 5.45. The smallest absolute Gasteiger partial charge is 0.160 e. The van der Waals surface area contributed by atoms with E-state index in [1.165, 1.54) is 12.8 Å². The minimum absolute atomic E-state index is 0.401. The van der Waals surface area contributed by atoms with Crippen LogP contribution >= 0.6 is 11.6 Å². The zero-order chi connectivity index (χ0) is 13.2. The number of fused-ring (bicyclic) bond motifs is 1. The Bertz CT molecular complexity index is 577. The van der Waals surface area contributed by atoms with Crippen LogP contribution in [0.3, 0.4) is 0 Å². The third-order valence-electron chi connectivity index (χ3n) is 3.43. The van der Waals surface area contributed by atoms with Gasteiger partial charge in [0.05, 0.1) is 12.5 Å². The molecule has 102 valence electrons. The number of halogens is 1. The first-order chi connectivity index (χ1) is 9.28. The number of pyridine rings is 1. The highest BCUT2D eigenvalue weighted by Gasteiger charge is 2.21. The van der Waals surface area contributed by atoms with Crippen LogP contribution in [0.2, 0.25) is 0 Å². The van der Waals surface area contributed by atoms with Crippen LogP contribution in [-0.2, 0) is 17.2 Å². The van der Waals surface area contributed by atoms with Crippen molar-refractivity contribution >= 4 is 22.8 Å². The number of aryl methyl sites for hydroxylation is 1. The number of rotatable bonds is 6. The second-order valence-electron chi connectivity index (χ2n) is 5.19. The molecule has 1 saturated carbocycles. The molecule has 1 aliphatic rings. The Labute approximate surface area is 117 Å². The van der Waals surface area contributed by atoms with E-state index in [0.29, 0.717) is 12.5 Å². The van der Waals surface area contributed by atoms with Gasteiger partial charge >= 0.3 is 0 Å². The van der Waals surface area contributed by atoms with Gasteiger partial charge in [0.1, 0.15) is 11.3 Å².